The molecule has 0 aromatic rings. The second-order valence-electron chi connectivity index (χ2n) is 5.85. The highest BCUT2D eigenvalue weighted by Gasteiger charge is 2.14. The lowest BCUT2D eigenvalue weighted by atomic mass is 9.94. The monoisotopic (exact) mass is 272 g/mol. The smallest absolute Gasteiger partial charge is 0.220 e. The second-order valence-corrected chi connectivity index (χ2v) is 5.85. The molecule has 114 valence electrons. The minimum atomic E-state index is -0.105. The number of aliphatic hydroxyl groups excluding tert-OH is 1. The fourth-order valence-electron chi connectivity index (χ4n) is 2.46. The Balaban J connectivity index is 4.00. The summed E-state index contributed by atoms with van der Waals surface area (Å²) < 4.78 is 0. The molecule has 0 radical (unpaired) electrons. The number of amides is 1. The molecule has 2 unspecified atom stereocenters. The largest absolute Gasteiger partial charge is 0.394 e. The van der Waals surface area contributed by atoms with Crippen LogP contribution in [0.3, 0.4) is 0 Å². The summed E-state index contributed by atoms with van der Waals surface area (Å²) >= 11 is 0. The molecular weight excluding hydrogens is 240 g/mol. The zero-order valence-electron chi connectivity index (χ0n) is 12.8. The molecule has 0 saturated carbocycles. The van der Waals surface area contributed by atoms with Gasteiger partial charge in [0.05, 0.1) is 12.6 Å². The SMILES string of the molecule is CCCC(CCN)CCC(=O)NC(CO)CC(C)C. The zero-order valence-corrected chi connectivity index (χ0v) is 12.8. The highest BCUT2D eigenvalue weighted by molar-refractivity contribution is 5.76. The third-order valence-corrected chi connectivity index (χ3v) is 3.39. The molecule has 0 spiro atoms. The topological polar surface area (TPSA) is 75.4 Å². The van der Waals surface area contributed by atoms with E-state index in [9.17, 15) is 9.90 Å². The first-order chi connectivity index (χ1) is 9.03. The molecule has 0 aromatic carbocycles. The van der Waals surface area contributed by atoms with E-state index in [4.69, 9.17) is 5.73 Å². The van der Waals surface area contributed by atoms with Crippen LogP contribution in [-0.4, -0.2) is 30.2 Å². The highest BCUT2D eigenvalue weighted by atomic mass is 16.3. The van der Waals surface area contributed by atoms with Crippen LogP contribution in [0.5, 0.6) is 0 Å². The normalized spacial score (nSPS) is 14.4. The minimum Gasteiger partial charge on any atom is -0.394 e. The number of hydrogen-bond acceptors (Lipinski definition) is 3. The first kappa shape index (κ1) is 18.4. The van der Waals surface area contributed by atoms with E-state index in [1.54, 1.807) is 0 Å². The Hall–Kier alpha value is -0.610. The molecule has 0 aliphatic rings. The number of hydrogen-bond donors (Lipinski definition) is 3. The predicted molar refractivity (Wildman–Crippen MR) is 79.8 cm³/mol. The van der Waals surface area contributed by atoms with Crippen LogP contribution in [0.4, 0.5) is 0 Å². The number of nitrogens with one attached hydrogen (secondary N) is 1. The summed E-state index contributed by atoms with van der Waals surface area (Å²) in [5.41, 5.74) is 5.59. The molecule has 0 fully saturated rings. The van der Waals surface area contributed by atoms with Crippen LogP contribution in [0.2, 0.25) is 0 Å². The van der Waals surface area contributed by atoms with E-state index >= 15 is 0 Å². The second kappa shape index (κ2) is 11.2. The summed E-state index contributed by atoms with van der Waals surface area (Å²) in [5, 5.41) is 12.2. The molecule has 19 heavy (non-hydrogen) atoms. The summed E-state index contributed by atoms with van der Waals surface area (Å²) in [5.74, 6) is 1.08. The lowest BCUT2D eigenvalue weighted by molar-refractivity contribution is -0.122. The Bertz CT molecular complexity index is 226. The quantitative estimate of drug-likeness (QED) is 0.539. The van der Waals surface area contributed by atoms with Gasteiger partial charge in [0.2, 0.25) is 5.91 Å². The lowest BCUT2D eigenvalue weighted by Crippen LogP contribution is -2.38. The first-order valence-electron chi connectivity index (χ1n) is 7.63. The molecule has 4 N–H and O–H groups in total. The van der Waals surface area contributed by atoms with E-state index in [0.29, 0.717) is 24.8 Å². The zero-order chi connectivity index (χ0) is 14.7. The average Bonchev–Trinajstić information content (AvgIpc) is 2.35. The van der Waals surface area contributed by atoms with Crippen molar-refractivity contribution in [2.75, 3.05) is 13.2 Å². The number of aliphatic hydroxyl groups is 1. The molecule has 0 heterocycles. The predicted octanol–water partition coefficient (Wildman–Crippen LogP) is 2.05. The van der Waals surface area contributed by atoms with Gasteiger partial charge in [0.25, 0.3) is 0 Å². The van der Waals surface area contributed by atoms with Gasteiger partial charge >= 0.3 is 0 Å². The van der Waals surface area contributed by atoms with Crippen molar-refractivity contribution >= 4 is 5.91 Å². The summed E-state index contributed by atoms with van der Waals surface area (Å²) in [7, 11) is 0. The Morgan fingerprint density at radius 2 is 1.95 bits per heavy atom. The Labute approximate surface area is 118 Å². The molecule has 0 bridgehead atoms. The molecule has 0 saturated heterocycles. The van der Waals surface area contributed by atoms with E-state index in [0.717, 1.165) is 32.1 Å². The van der Waals surface area contributed by atoms with Gasteiger partial charge in [-0.05, 0) is 37.6 Å². The first-order valence-corrected chi connectivity index (χ1v) is 7.63. The molecule has 0 aliphatic heterocycles. The average molecular weight is 272 g/mol. The van der Waals surface area contributed by atoms with Crippen molar-refractivity contribution in [3.8, 4) is 0 Å². The van der Waals surface area contributed by atoms with Crippen molar-refractivity contribution in [1.82, 2.24) is 5.32 Å². The number of carbonyl (C=O) groups excluding carboxylic acids is 1. The fourth-order valence-corrected chi connectivity index (χ4v) is 2.46. The molecule has 2 atom stereocenters. The van der Waals surface area contributed by atoms with Crippen LogP contribution in [0.15, 0.2) is 0 Å². The molecular formula is C15H32N2O2. The van der Waals surface area contributed by atoms with Crippen LogP contribution in [0, 0.1) is 11.8 Å². The molecule has 0 aliphatic carbocycles. The van der Waals surface area contributed by atoms with Crippen LogP contribution in [0.1, 0.15) is 59.3 Å². The van der Waals surface area contributed by atoms with Crippen LogP contribution < -0.4 is 11.1 Å². The van der Waals surface area contributed by atoms with Crippen molar-refractivity contribution < 1.29 is 9.90 Å². The molecule has 4 nitrogen and oxygen atoms in total. The number of carbonyl (C=O) groups is 1. The van der Waals surface area contributed by atoms with Crippen molar-refractivity contribution in [2.24, 2.45) is 17.6 Å². The standard InChI is InChI=1S/C15H32N2O2/c1-4-5-13(8-9-16)6-7-15(19)17-14(11-18)10-12(2)3/h12-14,18H,4-11,16H2,1-3H3,(H,17,19). The van der Waals surface area contributed by atoms with E-state index in [1.807, 2.05) is 0 Å². The van der Waals surface area contributed by atoms with Gasteiger partial charge in [0.15, 0.2) is 0 Å². The summed E-state index contributed by atoms with van der Waals surface area (Å²) in [4.78, 5) is 11.9. The van der Waals surface area contributed by atoms with Gasteiger partial charge in [-0.2, -0.15) is 0 Å². The van der Waals surface area contributed by atoms with Gasteiger partial charge < -0.3 is 16.2 Å². The number of rotatable bonds is 11. The summed E-state index contributed by atoms with van der Waals surface area (Å²) in [6.45, 7) is 7.05. The molecule has 0 aromatic heterocycles. The third-order valence-electron chi connectivity index (χ3n) is 3.39. The van der Waals surface area contributed by atoms with Gasteiger partial charge in [-0.25, -0.2) is 0 Å². The van der Waals surface area contributed by atoms with Crippen LogP contribution in [0.25, 0.3) is 0 Å². The lowest BCUT2D eigenvalue weighted by Gasteiger charge is -2.19. The molecule has 4 heteroatoms. The highest BCUT2D eigenvalue weighted by Crippen LogP contribution is 2.17. The van der Waals surface area contributed by atoms with Crippen LogP contribution in [-0.2, 0) is 4.79 Å². The van der Waals surface area contributed by atoms with Crippen molar-refractivity contribution in [1.29, 1.82) is 0 Å². The third kappa shape index (κ3) is 9.91. The van der Waals surface area contributed by atoms with E-state index in [-0.39, 0.29) is 18.6 Å². The fraction of sp³-hybridized carbons (Fsp3) is 0.933. The Morgan fingerprint density at radius 3 is 2.42 bits per heavy atom. The summed E-state index contributed by atoms with van der Waals surface area (Å²) in [6.07, 6.45) is 5.54. The Morgan fingerprint density at radius 1 is 1.26 bits per heavy atom. The number of nitrogens with two attached hydrogens (primary N) is 1. The van der Waals surface area contributed by atoms with E-state index in [2.05, 4.69) is 26.1 Å². The minimum absolute atomic E-state index is 0.0190. The maximum Gasteiger partial charge on any atom is 0.220 e. The van der Waals surface area contributed by atoms with E-state index in [1.165, 1.54) is 0 Å². The Kier molecular flexibility index (Phi) is 10.9. The van der Waals surface area contributed by atoms with E-state index < -0.39 is 0 Å². The van der Waals surface area contributed by atoms with Gasteiger partial charge in [0, 0.05) is 6.42 Å². The molecule has 0 rings (SSSR count). The van der Waals surface area contributed by atoms with Gasteiger partial charge in [0.1, 0.15) is 0 Å². The maximum absolute atomic E-state index is 11.9. The van der Waals surface area contributed by atoms with Crippen molar-refractivity contribution in [3.05, 3.63) is 0 Å². The van der Waals surface area contributed by atoms with Crippen LogP contribution >= 0.6 is 0 Å². The van der Waals surface area contributed by atoms with Crippen molar-refractivity contribution in [2.45, 2.75) is 65.3 Å². The maximum atomic E-state index is 11.9. The van der Waals surface area contributed by atoms with Gasteiger partial charge in [-0.15, -0.1) is 0 Å². The van der Waals surface area contributed by atoms with Gasteiger partial charge in [-0.1, -0.05) is 33.6 Å². The van der Waals surface area contributed by atoms with Gasteiger partial charge in [-0.3, -0.25) is 4.79 Å². The van der Waals surface area contributed by atoms with Crippen molar-refractivity contribution in [3.63, 3.8) is 0 Å². The molecule has 1 amide bonds. The summed E-state index contributed by atoms with van der Waals surface area (Å²) in [6, 6.07) is -0.105.